The molecule has 2 rings (SSSR count). The van der Waals surface area contributed by atoms with Crippen LogP contribution < -0.4 is 5.32 Å². The van der Waals surface area contributed by atoms with Crippen LogP contribution >= 0.6 is 0 Å². The first-order chi connectivity index (χ1) is 10.1. The first-order valence-corrected chi connectivity index (χ1v) is 7.36. The normalized spacial score (nSPS) is 13.8. The lowest BCUT2D eigenvalue weighted by molar-refractivity contribution is -0.384. The Morgan fingerprint density at radius 1 is 1.48 bits per heavy atom. The van der Waals surface area contributed by atoms with Crippen molar-refractivity contribution in [3.8, 4) is 0 Å². The van der Waals surface area contributed by atoms with E-state index in [1.165, 1.54) is 0 Å². The van der Waals surface area contributed by atoms with Crippen molar-refractivity contribution in [3.63, 3.8) is 0 Å². The first-order valence-electron chi connectivity index (χ1n) is 7.36. The molecule has 0 bridgehead atoms. The number of hydrogen-bond acceptors (Lipinski definition) is 4. The predicted octanol–water partition coefficient (Wildman–Crippen LogP) is 3.04. The van der Waals surface area contributed by atoms with E-state index in [2.05, 4.69) is 12.2 Å². The Hall–Kier alpha value is -2.11. The number of para-hydroxylation sites is 1. The Morgan fingerprint density at radius 2 is 2.19 bits per heavy atom. The number of anilines is 1. The molecule has 0 heterocycles. The van der Waals surface area contributed by atoms with Gasteiger partial charge >= 0.3 is 5.69 Å². The zero-order valence-corrected chi connectivity index (χ0v) is 12.5. The number of nitro benzene ring substituents is 1. The molecule has 6 heteroatoms. The average molecular weight is 291 g/mol. The van der Waals surface area contributed by atoms with Crippen LogP contribution in [0.2, 0.25) is 0 Å². The number of carbonyl (C=O) groups excluding carboxylic acids is 1. The zero-order valence-electron chi connectivity index (χ0n) is 12.5. The van der Waals surface area contributed by atoms with Crippen LogP contribution in [0.3, 0.4) is 0 Å². The van der Waals surface area contributed by atoms with E-state index >= 15 is 0 Å². The number of benzene rings is 1. The lowest BCUT2D eigenvalue weighted by Crippen LogP contribution is -2.34. The highest BCUT2D eigenvalue weighted by molar-refractivity contribution is 6.00. The summed E-state index contributed by atoms with van der Waals surface area (Å²) < 4.78 is 0. The molecular weight excluding hydrogens is 270 g/mol. The van der Waals surface area contributed by atoms with Crippen molar-refractivity contribution < 1.29 is 9.72 Å². The lowest BCUT2D eigenvalue weighted by Gasteiger charge is -2.22. The second kappa shape index (κ2) is 6.56. The Balaban J connectivity index is 2.34. The van der Waals surface area contributed by atoms with Crippen molar-refractivity contribution in [3.05, 3.63) is 33.9 Å². The molecule has 1 aromatic carbocycles. The van der Waals surface area contributed by atoms with Crippen molar-refractivity contribution >= 4 is 17.3 Å². The summed E-state index contributed by atoms with van der Waals surface area (Å²) in [5.74, 6) is -0.227. The van der Waals surface area contributed by atoms with Gasteiger partial charge in [0.05, 0.1) is 4.92 Å². The van der Waals surface area contributed by atoms with E-state index in [-0.39, 0.29) is 23.2 Å². The Kier molecular flexibility index (Phi) is 4.77. The average Bonchev–Trinajstić information content (AvgIpc) is 3.31. The predicted molar refractivity (Wildman–Crippen MR) is 81.6 cm³/mol. The highest BCUT2D eigenvalue weighted by Gasteiger charge is 2.35. The molecule has 1 saturated carbocycles. The van der Waals surface area contributed by atoms with Crippen molar-refractivity contribution in [1.82, 2.24) is 4.90 Å². The number of hydrogen-bond donors (Lipinski definition) is 1. The maximum atomic E-state index is 12.7. The standard InChI is InChI=1S/C15H21N3O3/c1-3-4-10-17(11-8-9-11)15(19)12-6-5-7-13(16-2)14(12)18(20)21/h5-7,11,16H,3-4,8-10H2,1-2H3. The zero-order chi connectivity index (χ0) is 15.4. The Morgan fingerprint density at radius 3 is 2.71 bits per heavy atom. The fraction of sp³-hybridized carbons (Fsp3) is 0.533. The molecule has 1 fully saturated rings. The van der Waals surface area contributed by atoms with Crippen molar-refractivity contribution in [2.75, 3.05) is 18.9 Å². The molecule has 1 aromatic rings. The van der Waals surface area contributed by atoms with E-state index in [4.69, 9.17) is 0 Å². The number of nitrogens with zero attached hydrogens (tertiary/aromatic N) is 2. The van der Waals surface area contributed by atoms with E-state index < -0.39 is 4.92 Å². The number of amides is 1. The summed E-state index contributed by atoms with van der Waals surface area (Å²) in [4.78, 5) is 25.4. The van der Waals surface area contributed by atoms with Crippen LogP contribution in [0.25, 0.3) is 0 Å². The second-order valence-electron chi connectivity index (χ2n) is 5.29. The van der Waals surface area contributed by atoms with Crippen molar-refractivity contribution in [1.29, 1.82) is 0 Å². The van der Waals surface area contributed by atoms with Gasteiger partial charge in [-0.2, -0.15) is 0 Å². The van der Waals surface area contributed by atoms with Crippen LogP contribution in [-0.4, -0.2) is 35.4 Å². The number of rotatable bonds is 7. The van der Waals surface area contributed by atoms with E-state index in [1.807, 2.05) is 0 Å². The van der Waals surface area contributed by atoms with Gasteiger partial charge in [-0.1, -0.05) is 19.4 Å². The fourth-order valence-electron chi connectivity index (χ4n) is 2.43. The summed E-state index contributed by atoms with van der Waals surface area (Å²) in [6, 6.07) is 5.09. The van der Waals surface area contributed by atoms with Gasteiger partial charge in [0.25, 0.3) is 5.91 Å². The van der Waals surface area contributed by atoms with Crippen LogP contribution in [0.4, 0.5) is 11.4 Å². The largest absolute Gasteiger partial charge is 0.383 e. The van der Waals surface area contributed by atoms with Crippen LogP contribution in [-0.2, 0) is 0 Å². The highest BCUT2D eigenvalue weighted by atomic mass is 16.6. The lowest BCUT2D eigenvalue weighted by atomic mass is 10.1. The molecule has 6 nitrogen and oxygen atoms in total. The van der Waals surface area contributed by atoms with E-state index in [0.29, 0.717) is 12.2 Å². The van der Waals surface area contributed by atoms with Gasteiger partial charge in [0.1, 0.15) is 11.3 Å². The minimum Gasteiger partial charge on any atom is -0.383 e. The number of nitro groups is 1. The van der Waals surface area contributed by atoms with Gasteiger partial charge in [-0.15, -0.1) is 0 Å². The number of nitrogens with one attached hydrogen (secondary N) is 1. The monoisotopic (exact) mass is 291 g/mol. The summed E-state index contributed by atoms with van der Waals surface area (Å²) in [6.07, 6.45) is 3.90. The summed E-state index contributed by atoms with van der Waals surface area (Å²) in [5, 5.41) is 14.1. The topological polar surface area (TPSA) is 75.5 Å². The van der Waals surface area contributed by atoms with Crippen molar-refractivity contribution in [2.45, 2.75) is 38.6 Å². The molecule has 1 amide bonds. The smallest absolute Gasteiger partial charge is 0.305 e. The molecule has 0 aliphatic heterocycles. The third-order valence-corrected chi connectivity index (χ3v) is 3.72. The quantitative estimate of drug-likeness (QED) is 0.619. The Labute approximate surface area is 124 Å². The van der Waals surface area contributed by atoms with Crippen LogP contribution in [0.15, 0.2) is 18.2 Å². The maximum Gasteiger partial charge on any atom is 0.305 e. The Bertz CT molecular complexity index is 541. The molecule has 0 atom stereocenters. The summed E-state index contributed by atoms with van der Waals surface area (Å²) in [5.41, 5.74) is 0.416. The van der Waals surface area contributed by atoms with E-state index in [9.17, 15) is 14.9 Å². The summed E-state index contributed by atoms with van der Waals surface area (Å²) >= 11 is 0. The van der Waals surface area contributed by atoms with Gasteiger partial charge in [0.15, 0.2) is 0 Å². The van der Waals surface area contributed by atoms with Gasteiger partial charge in [-0.05, 0) is 31.4 Å². The summed E-state index contributed by atoms with van der Waals surface area (Å²) in [6.45, 7) is 2.74. The van der Waals surface area contributed by atoms with E-state index in [0.717, 1.165) is 25.7 Å². The van der Waals surface area contributed by atoms with Gasteiger partial charge in [0.2, 0.25) is 0 Å². The molecule has 0 unspecified atom stereocenters. The molecule has 1 aliphatic carbocycles. The van der Waals surface area contributed by atoms with Crippen LogP contribution in [0.5, 0.6) is 0 Å². The van der Waals surface area contributed by atoms with Crippen LogP contribution in [0, 0.1) is 10.1 Å². The molecular formula is C15H21N3O3. The van der Waals surface area contributed by atoms with Gasteiger partial charge in [-0.25, -0.2) is 0 Å². The van der Waals surface area contributed by atoms with Gasteiger partial charge < -0.3 is 10.2 Å². The molecule has 0 saturated heterocycles. The van der Waals surface area contributed by atoms with Gasteiger partial charge in [-0.3, -0.25) is 14.9 Å². The molecule has 1 aliphatic rings. The number of unbranched alkanes of at least 4 members (excludes halogenated alkanes) is 1. The first kappa shape index (κ1) is 15.3. The minimum absolute atomic E-state index is 0.132. The highest BCUT2D eigenvalue weighted by Crippen LogP contribution is 2.33. The molecule has 21 heavy (non-hydrogen) atoms. The molecule has 1 N–H and O–H groups in total. The third kappa shape index (κ3) is 3.32. The molecule has 0 aromatic heterocycles. The summed E-state index contributed by atoms with van der Waals surface area (Å²) in [7, 11) is 1.62. The third-order valence-electron chi connectivity index (χ3n) is 3.72. The fourth-order valence-corrected chi connectivity index (χ4v) is 2.43. The van der Waals surface area contributed by atoms with Crippen molar-refractivity contribution in [2.24, 2.45) is 0 Å². The minimum atomic E-state index is -0.482. The second-order valence-corrected chi connectivity index (χ2v) is 5.29. The maximum absolute atomic E-state index is 12.7. The van der Waals surface area contributed by atoms with E-state index in [1.54, 1.807) is 30.1 Å². The SMILES string of the molecule is CCCCN(C(=O)c1cccc(NC)c1[N+](=O)[O-])C1CC1. The molecule has 0 radical (unpaired) electrons. The van der Waals surface area contributed by atoms with Gasteiger partial charge in [0, 0.05) is 19.6 Å². The molecule has 114 valence electrons. The molecule has 0 spiro atoms. The number of carbonyl (C=O) groups is 1. The van der Waals surface area contributed by atoms with Crippen LogP contribution in [0.1, 0.15) is 43.0 Å².